The second kappa shape index (κ2) is 6.05. The SMILES string of the molecule is CCOc1cc(C(=O)NC)ccc1-c1ccccc1. The molecule has 2 aromatic rings. The summed E-state index contributed by atoms with van der Waals surface area (Å²) in [6.45, 7) is 2.50. The predicted molar refractivity (Wildman–Crippen MR) is 76.4 cm³/mol. The molecule has 0 aliphatic carbocycles. The number of nitrogens with one attached hydrogen (secondary N) is 1. The molecule has 0 atom stereocenters. The first-order valence-electron chi connectivity index (χ1n) is 6.30. The lowest BCUT2D eigenvalue weighted by Gasteiger charge is -2.12. The molecule has 3 heteroatoms. The third-order valence-electron chi connectivity index (χ3n) is 2.86. The van der Waals surface area contributed by atoms with Crippen LogP contribution in [-0.4, -0.2) is 19.6 Å². The van der Waals surface area contributed by atoms with Crippen LogP contribution < -0.4 is 10.1 Å². The number of rotatable bonds is 4. The lowest BCUT2D eigenvalue weighted by atomic mass is 10.0. The maximum absolute atomic E-state index is 11.7. The molecule has 3 nitrogen and oxygen atoms in total. The van der Waals surface area contributed by atoms with Gasteiger partial charge in [-0.05, 0) is 30.7 Å². The summed E-state index contributed by atoms with van der Waals surface area (Å²) >= 11 is 0. The van der Waals surface area contributed by atoms with Gasteiger partial charge in [0.1, 0.15) is 5.75 Å². The van der Waals surface area contributed by atoms with Crippen LogP contribution in [0.4, 0.5) is 0 Å². The molecular weight excluding hydrogens is 238 g/mol. The summed E-state index contributed by atoms with van der Waals surface area (Å²) in [7, 11) is 1.62. The smallest absolute Gasteiger partial charge is 0.251 e. The van der Waals surface area contributed by atoms with Crippen molar-refractivity contribution in [2.45, 2.75) is 6.92 Å². The van der Waals surface area contributed by atoms with E-state index in [1.165, 1.54) is 0 Å². The molecule has 0 bridgehead atoms. The molecule has 2 aromatic carbocycles. The Morgan fingerprint density at radius 1 is 1.16 bits per heavy atom. The summed E-state index contributed by atoms with van der Waals surface area (Å²) in [6.07, 6.45) is 0. The molecule has 1 N–H and O–H groups in total. The third-order valence-corrected chi connectivity index (χ3v) is 2.86. The maximum Gasteiger partial charge on any atom is 0.251 e. The monoisotopic (exact) mass is 255 g/mol. The largest absolute Gasteiger partial charge is 0.493 e. The molecule has 0 saturated carbocycles. The number of hydrogen-bond acceptors (Lipinski definition) is 2. The number of hydrogen-bond donors (Lipinski definition) is 1. The van der Waals surface area contributed by atoms with E-state index in [4.69, 9.17) is 4.74 Å². The first kappa shape index (κ1) is 13.1. The van der Waals surface area contributed by atoms with Crippen LogP contribution in [0.1, 0.15) is 17.3 Å². The van der Waals surface area contributed by atoms with Crippen LogP contribution >= 0.6 is 0 Å². The molecule has 0 spiro atoms. The zero-order valence-electron chi connectivity index (χ0n) is 11.1. The quantitative estimate of drug-likeness (QED) is 0.911. The minimum absolute atomic E-state index is 0.111. The van der Waals surface area contributed by atoms with Crippen LogP contribution in [0.2, 0.25) is 0 Å². The van der Waals surface area contributed by atoms with Gasteiger partial charge in [0, 0.05) is 18.2 Å². The van der Waals surface area contributed by atoms with Crippen molar-refractivity contribution in [2.24, 2.45) is 0 Å². The zero-order chi connectivity index (χ0) is 13.7. The van der Waals surface area contributed by atoms with Gasteiger partial charge in [-0.2, -0.15) is 0 Å². The van der Waals surface area contributed by atoms with E-state index in [0.717, 1.165) is 16.9 Å². The third kappa shape index (κ3) is 2.94. The van der Waals surface area contributed by atoms with Crippen molar-refractivity contribution in [3.05, 3.63) is 54.1 Å². The maximum atomic E-state index is 11.7. The van der Waals surface area contributed by atoms with Crippen molar-refractivity contribution in [3.63, 3.8) is 0 Å². The number of carbonyl (C=O) groups excluding carboxylic acids is 1. The minimum Gasteiger partial charge on any atom is -0.493 e. The van der Waals surface area contributed by atoms with Gasteiger partial charge >= 0.3 is 0 Å². The Kier molecular flexibility index (Phi) is 4.18. The van der Waals surface area contributed by atoms with Crippen LogP contribution in [0.5, 0.6) is 5.75 Å². The highest BCUT2D eigenvalue weighted by Crippen LogP contribution is 2.30. The Hall–Kier alpha value is -2.29. The molecule has 1 amide bonds. The van der Waals surface area contributed by atoms with Crippen molar-refractivity contribution in [3.8, 4) is 16.9 Å². The summed E-state index contributed by atoms with van der Waals surface area (Å²) in [4.78, 5) is 11.7. The molecule has 0 radical (unpaired) electrons. The fraction of sp³-hybridized carbons (Fsp3) is 0.188. The molecule has 19 heavy (non-hydrogen) atoms. The minimum atomic E-state index is -0.111. The van der Waals surface area contributed by atoms with Crippen LogP contribution in [0.25, 0.3) is 11.1 Å². The fourth-order valence-corrected chi connectivity index (χ4v) is 1.94. The number of benzene rings is 2. The number of amides is 1. The molecular formula is C16H17NO2. The first-order valence-corrected chi connectivity index (χ1v) is 6.30. The molecule has 2 rings (SSSR count). The van der Waals surface area contributed by atoms with E-state index < -0.39 is 0 Å². The highest BCUT2D eigenvalue weighted by molar-refractivity contribution is 5.95. The standard InChI is InChI=1S/C16H17NO2/c1-3-19-15-11-13(16(18)17-2)9-10-14(15)12-7-5-4-6-8-12/h4-11H,3H2,1-2H3,(H,17,18). The van der Waals surface area contributed by atoms with Gasteiger partial charge in [0.05, 0.1) is 6.61 Å². The highest BCUT2D eigenvalue weighted by atomic mass is 16.5. The highest BCUT2D eigenvalue weighted by Gasteiger charge is 2.10. The van der Waals surface area contributed by atoms with Crippen molar-refractivity contribution in [2.75, 3.05) is 13.7 Å². The number of carbonyl (C=O) groups is 1. The Labute approximate surface area is 113 Å². The molecule has 98 valence electrons. The molecule has 0 aliphatic heterocycles. The predicted octanol–water partition coefficient (Wildman–Crippen LogP) is 3.11. The van der Waals surface area contributed by atoms with Gasteiger partial charge in [0.2, 0.25) is 0 Å². The van der Waals surface area contributed by atoms with Gasteiger partial charge in [0.25, 0.3) is 5.91 Å². The molecule has 0 aliphatic rings. The van der Waals surface area contributed by atoms with Crippen molar-refractivity contribution in [1.82, 2.24) is 5.32 Å². The van der Waals surface area contributed by atoms with Gasteiger partial charge in [-0.25, -0.2) is 0 Å². The van der Waals surface area contributed by atoms with E-state index in [9.17, 15) is 4.79 Å². The summed E-state index contributed by atoms with van der Waals surface area (Å²) in [5, 5.41) is 2.62. The Balaban J connectivity index is 2.47. The first-order chi connectivity index (χ1) is 9.26. The summed E-state index contributed by atoms with van der Waals surface area (Å²) in [6, 6.07) is 15.5. The van der Waals surface area contributed by atoms with E-state index in [-0.39, 0.29) is 5.91 Å². The van der Waals surface area contributed by atoms with Crippen molar-refractivity contribution >= 4 is 5.91 Å². The molecule has 0 heterocycles. The van der Waals surface area contributed by atoms with Crippen molar-refractivity contribution in [1.29, 1.82) is 0 Å². The second-order valence-corrected chi connectivity index (χ2v) is 4.09. The molecule has 0 fully saturated rings. The van der Waals surface area contributed by atoms with Crippen LogP contribution in [-0.2, 0) is 0 Å². The zero-order valence-corrected chi connectivity index (χ0v) is 11.1. The molecule has 0 aromatic heterocycles. The Morgan fingerprint density at radius 3 is 2.53 bits per heavy atom. The van der Waals surface area contributed by atoms with E-state index in [1.807, 2.05) is 49.4 Å². The van der Waals surface area contributed by atoms with Crippen molar-refractivity contribution < 1.29 is 9.53 Å². The van der Waals surface area contributed by atoms with Gasteiger partial charge < -0.3 is 10.1 Å². The van der Waals surface area contributed by atoms with Crippen LogP contribution in [0.3, 0.4) is 0 Å². The second-order valence-electron chi connectivity index (χ2n) is 4.09. The van der Waals surface area contributed by atoms with E-state index >= 15 is 0 Å². The fourth-order valence-electron chi connectivity index (χ4n) is 1.94. The Morgan fingerprint density at radius 2 is 1.89 bits per heavy atom. The lowest BCUT2D eigenvalue weighted by Crippen LogP contribution is -2.17. The Bertz CT molecular complexity index is 564. The average molecular weight is 255 g/mol. The number of ether oxygens (including phenoxy) is 1. The lowest BCUT2D eigenvalue weighted by molar-refractivity contribution is 0.0962. The summed E-state index contributed by atoms with van der Waals surface area (Å²) < 4.78 is 5.65. The molecule has 0 saturated heterocycles. The van der Waals surface area contributed by atoms with Gasteiger partial charge in [-0.15, -0.1) is 0 Å². The van der Waals surface area contributed by atoms with Gasteiger partial charge in [0.15, 0.2) is 0 Å². The summed E-state index contributed by atoms with van der Waals surface area (Å²) in [5.74, 6) is 0.621. The van der Waals surface area contributed by atoms with Crippen LogP contribution in [0, 0.1) is 0 Å². The molecule has 0 unspecified atom stereocenters. The average Bonchev–Trinajstić information content (AvgIpc) is 2.47. The summed E-state index contributed by atoms with van der Waals surface area (Å²) in [5.41, 5.74) is 2.68. The van der Waals surface area contributed by atoms with Gasteiger partial charge in [-0.3, -0.25) is 4.79 Å². The van der Waals surface area contributed by atoms with E-state index in [2.05, 4.69) is 5.32 Å². The topological polar surface area (TPSA) is 38.3 Å². The van der Waals surface area contributed by atoms with Gasteiger partial charge in [-0.1, -0.05) is 30.3 Å². The normalized spacial score (nSPS) is 10.0. The van der Waals surface area contributed by atoms with E-state index in [0.29, 0.717) is 12.2 Å². The van der Waals surface area contributed by atoms with Crippen LogP contribution in [0.15, 0.2) is 48.5 Å². The van der Waals surface area contributed by atoms with E-state index in [1.54, 1.807) is 13.1 Å².